The lowest BCUT2D eigenvalue weighted by Gasteiger charge is -2.35. The van der Waals surface area contributed by atoms with Gasteiger partial charge in [-0.2, -0.15) is 4.31 Å². The number of benzene rings is 2. The van der Waals surface area contributed by atoms with Gasteiger partial charge in [-0.25, -0.2) is 17.6 Å². The normalized spacial score (nSPS) is 20.2. The Balaban J connectivity index is 1.36. The second-order valence-electron chi connectivity index (χ2n) is 7.23. The van der Waals surface area contributed by atoms with E-state index in [1.54, 1.807) is 12.1 Å². The average molecular weight is 432 g/mol. The van der Waals surface area contributed by atoms with Crippen molar-refractivity contribution in [2.24, 2.45) is 0 Å². The van der Waals surface area contributed by atoms with Crippen LogP contribution in [0.15, 0.2) is 48.5 Å². The number of carbonyl (C=O) groups is 2. The number of sulfonamides is 1. The van der Waals surface area contributed by atoms with Gasteiger partial charge in [0.2, 0.25) is 10.0 Å². The molecule has 2 fully saturated rings. The number of piperazine rings is 1. The number of carbonyl (C=O) groups excluding carboxylic acids is 2. The zero-order valence-corrected chi connectivity index (χ0v) is 16.9. The minimum atomic E-state index is -3.67. The van der Waals surface area contributed by atoms with E-state index in [0.29, 0.717) is 26.2 Å². The molecule has 2 heterocycles. The number of nitrogens with zero attached hydrogens (tertiary/aromatic N) is 2. The maximum atomic E-state index is 13.1. The van der Waals surface area contributed by atoms with Crippen molar-refractivity contribution in [2.45, 2.75) is 6.04 Å². The number of anilines is 1. The van der Waals surface area contributed by atoms with Gasteiger partial charge in [0.05, 0.1) is 5.75 Å². The Bertz CT molecular complexity index is 1050. The van der Waals surface area contributed by atoms with Crippen molar-refractivity contribution in [3.05, 3.63) is 54.3 Å². The monoisotopic (exact) mass is 432 g/mol. The highest BCUT2D eigenvalue weighted by atomic mass is 32.2. The van der Waals surface area contributed by atoms with Gasteiger partial charge in [0, 0.05) is 31.9 Å². The molecule has 2 aromatic rings. The first-order chi connectivity index (χ1) is 14.3. The minimum absolute atomic E-state index is 0.279. The summed E-state index contributed by atoms with van der Waals surface area (Å²) in [5.74, 6) is -1.35. The molecule has 30 heavy (non-hydrogen) atoms. The van der Waals surface area contributed by atoms with Crippen LogP contribution in [0.1, 0.15) is 0 Å². The van der Waals surface area contributed by atoms with E-state index in [4.69, 9.17) is 0 Å². The van der Waals surface area contributed by atoms with Gasteiger partial charge < -0.3 is 10.2 Å². The first-order valence-corrected chi connectivity index (χ1v) is 11.1. The Morgan fingerprint density at radius 2 is 1.47 bits per heavy atom. The van der Waals surface area contributed by atoms with Crippen LogP contribution in [-0.4, -0.2) is 62.6 Å². The quantitative estimate of drug-likeness (QED) is 0.691. The Morgan fingerprint density at radius 3 is 2.00 bits per heavy atom. The molecule has 2 N–H and O–H groups in total. The van der Waals surface area contributed by atoms with E-state index in [0.717, 1.165) is 16.8 Å². The number of hydrogen-bond acceptors (Lipinski definition) is 5. The van der Waals surface area contributed by atoms with Gasteiger partial charge >= 0.3 is 6.03 Å². The first kappa shape index (κ1) is 20.3. The zero-order chi connectivity index (χ0) is 21.3. The summed E-state index contributed by atoms with van der Waals surface area (Å²) in [5, 5.41) is 4.36. The smallest absolute Gasteiger partial charge is 0.322 e. The fraction of sp³-hybridized carbons (Fsp3) is 0.300. The summed E-state index contributed by atoms with van der Waals surface area (Å²) in [4.78, 5) is 24.9. The fourth-order valence-corrected chi connectivity index (χ4v) is 5.21. The molecule has 2 aromatic carbocycles. The van der Waals surface area contributed by atoms with Crippen molar-refractivity contribution in [1.82, 2.24) is 14.9 Å². The third-order valence-corrected chi connectivity index (χ3v) is 7.18. The number of halogens is 1. The second-order valence-corrected chi connectivity index (χ2v) is 9.25. The molecule has 0 radical (unpaired) electrons. The first-order valence-electron chi connectivity index (χ1n) is 9.52. The predicted molar refractivity (Wildman–Crippen MR) is 110 cm³/mol. The van der Waals surface area contributed by atoms with Gasteiger partial charge in [-0.15, -0.1) is 0 Å². The molecule has 2 saturated heterocycles. The topological polar surface area (TPSA) is 98.8 Å². The van der Waals surface area contributed by atoms with E-state index >= 15 is 0 Å². The standard InChI is InChI=1S/C20H21FN4O4S/c21-16-5-1-14(2-6-16)15-3-7-17(8-4-15)24-9-11-25(12-10-24)30(28,29)13-18-19(26)23-20(27)22-18/h1-8,18H,9-13H2,(H2,22,23,26,27)/t18-/m0/s1. The Morgan fingerprint density at radius 1 is 0.900 bits per heavy atom. The second kappa shape index (κ2) is 8.04. The molecule has 1 atom stereocenters. The molecule has 2 aliphatic heterocycles. The molecule has 0 spiro atoms. The predicted octanol–water partition coefficient (Wildman–Crippen LogP) is 1.15. The largest absolute Gasteiger partial charge is 0.369 e. The molecule has 0 aromatic heterocycles. The van der Waals surface area contributed by atoms with Crippen LogP contribution < -0.4 is 15.5 Å². The van der Waals surface area contributed by atoms with E-state index in [9.17, 15) is 22.4 Å². The molecule has 3 amide bonds. The molecule has 4 rings (SSSR count). The number of amides is 3. The summed E-state index contributed by atoms with van der Waals surface area (Å²) in [5.41, 5.74) is 2.86. The van der Waals surface area contributed by atoms with Crippen molar-refractivity contribution >= 4 is 27.6 Å². The zero-order valence-electron chi connectivity index (χ0n) is 16.0. The fourth-order valence-electron chi connectivity index (χ4n) is 3.62. The van der Waals surface area contributed by atoms with Crippen molar-refractivity contribution in [2.75, 3.05) is 36.8 Å². The minimum Gasteiger partial charge on any atom is -0.369 e. The molecule has 0 bridgehead atoms. The van der Waals surface area contributed by atoms with Gasteiger partial charge in [-0.3, -0.25) is 10.1 Å². The number of rotatable bonds is 5. The number of hydrogen-bond donors (Lipinski definition) is 2. The van der Waals surface area contributed by atoms with Crippen LogP contribution in [0, 0.1) is 5.82 Å². The van der Waals surface area contributed by atoms with E-state index in [-0.39, 0.29) is 5.82 Å². The highest BCUT2D eigenvalue weighted by Gasteiger charge is 2.36. The molecular formula is C20H21FN4O4S. The lowest BCUT2D eigenvalue weighted by Crippen LogP contribution is -2.51. The molecule has 158 valence electrons. The average Bonchev–Trinajstić information content (AvgIpc) is 3.05. The summed E-state index contributed by atoms with van der Waals surface area (Å²) >= 11 is 0. The van der Waals surface area contributed by atoms with Crippen LogP contribution in [0.25, 0.3) is 11.1 Å². The molecule has 10 heteroatoms. The molecule has 0 aliphatic carbocycles. The van der Waals surface area contributed by atoms with E-state index in [1.165, 1.54) is 16.4 Å². The highest BCUT2D eigenvalue weighted by Crippen LogP contribution is 2.24. The third kappa shape index (κ3) is 4.29. The SMILES string of the molecule is O=C1NC(=O)[C@H](CS(=O)(=O)N2CCN(c3ccc(-c4ccc(F)cc4)cc3)CC2)N1. The summed E-state index contributed by atoms with van der Waals surface area (Å²) in [6.07, 6.45) is 0. The molecule has 8 nitrogen and oxygen atoms in total. The highest BCUT2D eigenvalue weighted by molar-refractivity contribution is 7.89. The van der Waals surface area contributed by atoms with Crippen molar-refractivity contribution in [3.63, 3.8) is 0 Å². The summed E-state index contributed by atoms with van der Waals surface area (Å²) in [6, 6.07) is 12.4. The van der Waals surface area contributed by atoms with Crippen LogP contribution in [0.3, 0.4) is 0 Å². The molecular weight excluding hydrogens is 411 g/mol. The van der Waals surface area contributed by atoms with Gasteiger partial charge in [0.1, 0.15) is 11.9 Å². The van der Waals surface area contributed by atoms with E-state index < -0.39 is 33.8 Å². The summed E-state index contributed by atoms with van der Waals surface area (Å²) in [6.45, 7) is 1.62. The number of urea groups is 1. The summed E-state index contributed by atoms with van der Waals surface area (Å²) < 4.78 is 39.7. The van der Waals surface area contributed by atoms with Crippen LogP contribution in [0.5, 0.6) is 0 Å². The van der Waals surface area contributed by atoms with Gasteiger partial charge in [0.15, 0.2) is 0 Å². The van der Waals surface area contributed by atoms with Crippen LogP contribution in [0.4, 0.5) is 14.9 Å². The van der Waals surface area contributed by atoms with Gasteiger partial charge in [-0.1, -0.05) is 24.3 Å². The summed E-state index contributed by atoms with van der Waals surface area (Å²) in [7, 11) is -3.67. The van der Waals surface area contributed by atoms with E-state index in [1.807, 2.05) is 29.6 Å². The van der Waals surface area contributed by atoms with Crippen molar-refractivity contribution in [3.8, 4) is 11.1 Å². The molecule has 0 saturated carbocycles. The number of imide groups is 1. The van der Waals surface area contributed by atoms with Gasteiger partial charge in [-0.05, 0) is 35.4 Å². The molecule has 2 aliphatic rings. The van der Waals surface area contributed by atoms with Gasteiger partial charge in [0.25, 0.3) is 5.91 Å². The number of nitrogens with one attached hydrogen (secondary N) is 2. The Hall–Kier alpha value is -2.98. The maximum absolute atomic E-state index is 13.1. The Kier molecular flexibility index (Phi) is 5.44. The molecule has 0 unspecified atom stereocenters. The van der Waals surface area contributed by atoms with Crippen molar-refractivity contribution < 1.29 is 22.4 Å². The van der Waals surface area contributed by atoms with Crippen LogP contribution in [-0.2, 0) is 14.8 Å². The maximum Gasteiger partial charge on any atom is 0.322 e. The lowest BCUT2D eigenvalue weighted by atomic mass is 10.1. The van der Waals surface area contributed by atoms with Crippen LogP contribution in [0.2, 0.25) is 0 Å². The lowest BCUT2D eigenvalue weighted by molar-refractivity contribution is -0.119. The third-order valence-electron chi connectivity index (χ3n) is 5.28. The van der Waals surface area contributed by atoms with E-state index in [2.05, 4.69) is 10.2 Å². The van der Waals surface area contributed by atoms with Crippen molar-refractivity contribution in [1.29, 1.82) is 0 Å². The Labute approximate surface area is 173 Å². The van der Waals surface area contributed by atoms with Crippen LogP contribution >= 0.6 is 0 Å².